The van der Waals surface area contributed by atoms with E-state index in [9.17, 15) is 0 Å². The summed E-state index contributed by atoms with van der Waals surface area (Å²) in [5.41, 5.74) is 7.99. The van der Waals surface area contributed by atoms with Gasteiger partial charge in [-0.15, -0.1) is 12.6 Å². The summed E-state index contributed by atoms with van der Waals surface area (Å²) < 4.78 is 10.9. The second-order valence-electron chi connectivity index (χ2n) is 3.52. The molecule has 0 saturated heterocycles. The number of benzene rings is 1. The molecule has 1 aliphatic heterocycles. The van der Waals surface area contributed by atoms with Crippen LogP contribution in [-0.4, -0.2) is 20.3 Å². The molecule has 0 amide bonds. The Labute approximate surface area is 95.0 Å². The molecular formula is C11H15NO2S. The van der Waals surface area contributed by atoms with Crippen molar-refractivity contribution in [1.82, 2.24) is 0 Å². The lowest BCUT2D eigenvalue weighted by Crippen LogP contribution is -2.06. The van der Waals surface area contributed by atoms with E-state index < -0.39 is 0 Å². The van der Waals surface area contributed by atoms with Crippen molar-refractivity contribution in [2.24, 2.45) is 5.73 Å². The van der Waals surface area contributed by atoms with Gasteiger partial charge in [0.1, 0.15) is 11.5 Å². The minimum absolute atomic E-state index is 0.620. The quantitative estimate of drug-likeness (QED) is 0.765. The van der Waals surface area contributed by atoms with Gasteiger partial charge < -0.3 is 15.2 Å². The van der Waals surface area contributed by atoms with Crippen LogP contribution in [0.2, 0.25) is 0 Å². The third-order valence-electron chi connectivity index (χ3n) is 2.65. The number of hydrogen-bond donors (Lipinski definition) is 2. The number of fused-ring (bicyclic) bond motifs is 1. The summed E-state index contributed by atoms with van der Waals surface area (Å²) in [6, 6.07) is 1.90. The van der Waals surface area contributed by atoms with Crippen LogP contribution in [0.1, 0.15) is 11.1 Å². The third-order valence-corrected chi connectivity index (χ3v) is 2.98. The predicted octanol–water partition coefficient (Wildman–Crippen LogP) is 1.42. The van der Waals surface area contributed by atoms with Crippen LogP contribution >= 0.6 is 12.6 Å². The van der Waals surface area contributed by atoms with Crippen LogP contribution in [0.4, 0.5) is 0 Å². The number of ether oxygens (including phenoxy) is 2. The monoisotopic (exact) mass is 225 g/mol. The summed E-state index contributed by atoms with van der Waals surface area (Å²) in [6.07, 6.45) is 1.75. The van der Waals surface area contributed by atoms with Gasteiger partial charge in [0.2, 0.25) is 0 Å². The first-order valence-corrected chi connectivity index (χ1v) is 5.47. The van der Waals surface area contributed by atoms with E-state index in [-0.39, 0.29) is 0 Å². The van der Waals surface area contributed by atoms with E-state index in [0.717, 1.165) is 35.8 Å². The van der Waals surface area contributed by atoms with Crippen molar-refractivity contribution in [3.05, 3.63) is 17.2 Å². The van der Waals surface area contributed by atoms with Crippen LogP contribution in [-0.2, 0) is 12.8 Å². The molecule has 4 heteroatoms. The van der Waals surface area contributed by atoms with Gasteiger partial charge in [-0.25, -0.2) is 0 Å². The first kappa shape index (κ1) is 10.6. The Hall–Kier alpha value is -0.870. The minimum Gasteiger partial charge on any atom is -0.496 e. The van der Waals surface area contributed by atoms with Gasteiger partial charge in [-0.05, 0) is 19.0 Å². The summed E-state index contributed by atoms with van der Waals surface area (Å²) in [5.74, 6) is 1.78. The van der Waals surface area contributed by atoms with E-state index in [1.54, 1.807) is 7.11 Å². The van der Waals surface area contributed by atoms with Crippen molar-refractivity contribution in [2.45, 2.75) is 17.7 Å². The molecule has 3 nitrogen and oxygen atoms in total. The summed E-state index contributed by atoms with van der Waals surface area (Å²) in [5, 5.41) is 0. The van der Waals surface area contributed by atoms with Crippen molar-refractivity contribution in [2.75, 3.05) is 20.3 Å². The molecule has 1 aromatic rings. The van der Waals surface area contributed by atoms with E-state index in [0.29, 0.717) is 6.54 Å². The van der Waals surface area contributed by atoms with Crippen LogP contribution in [0.3, 0.4) is 0 Å². The van der Waals surface area contributed by atoms with Gasteiger partial charge in [-0.1, -0.05) is 0 Å². The number of rotatable bonds is 3. The molecule has 0 radical (unpaired) electrons. The fourth-order valence-electron chi connectivity index (χ4n) is 2.00. The molecule has 2 rings (SSSR count). The van der Waals surface area contributed by atoms with E-state index in [1.807, 2.05) is 6.07 Å². The molecule has 1 aromatic carbocycles. The van der Waals surface area contributed by atoms with Crippen molar-refractivity contribution in [3.8, 4) is 11.5 Å². The van der Waals surface area contributed by atoms with Crippen LogP contribution in [0.25, 0.3) is 0 Å². The molecule has 0 bridgehead atoms. The maximum absolute atomic E-state index is 5.60. The standard InChI is InChI=1S/C11H15NO2S/c1-13-9-6-10(15)11-8(3-5-14-11)7(9)2-4-12/h6,15H,2-5,12H2,1H3. The summed E-state index contributed by atoms with van der Waals surface area (Å²) in [4.78, 5) is 0.847. The Bertz CT molecular complexity index is 379. The second-order valence-corrected chi connectivity index (χ2v) is 4.00. The fraction of sp³-hybridized carbons (Fsp3) is 0.455. The van der Waals surface area contributed by atoms with Crippen LogP contribution in [0.5, 0.6) is 11.5 Å². The maximum atomic E-state index is 5.60. The lowest BCUT2D eigenvalue weighted by Gasteiger charge is -2.13. The van der Waals surface area contributed by atoms with Crippen molar-refractivity contribution in [3.63, 3.8) is 0 Å². The van der Waals surface area contributed by atoms with E-state index >= 15 is 0 Å². The van der Waals surface area contributed by atoms with Gasteiger partial charge in [0.15, 0.2) is 0 Å². The molecule has 15 heavy (non-hydrogen) atoms. The van der Waals surface area contributed by atoms with Gasteiger partial charge in [0.05, 0.1) is 18.6 Å². The Kier molecular flexibility index (Phi) is 3.07. The second kappa shape index (κ2) is 4.33. The van der Waals surface area contributed by atoms with Crippen molar-refractivity contribution < 1.29 is 9.47 Å². The van der Waals surface area contributed by atoms with Gasteiger partial charge in [-0.3, -0.25) is 0 Å². The average molecular weight is 225 g/mol. The zero-order chi connectivity index (χ0) is 10.8. The van der Waals surface area contributed by atoms with Crippen LogP contribution < -0.4 is 15.2 Å². The fourth-order valence-corrected chi connectivity index (χ4v) is 2.32. The van der Waals surface area contributed by atoms with Crippen molar-refractivity contribution >= 4 is 12.6 Å². The Morgan fingerprint density at radius 2 is 2.40 bits per heavy atom. The summed E-state index contributed by atoms with van der Waals surface area (Å²) >= 11 is 4.39. The van der Waals surface area contributed by atoms with E-state index in [4.69, 9.17) is 15.2 Å². The maximum Gasteiger partial charge on any atom is 0.136 e. The SMILES string of the molecule is COc1cc(S)c2c(c1CCN)CCO2. The number of hydrogen-bond acceptors (Lipinski definition) is 4. The Balaban J connectivity index is 2.54. The van der Waals surface area contributed by atoms with Crippen LogP contribution in [0, 0.1) is 0 Å². The third kappa shape index (κ3) is 1.79. The highest BCUT2D eigenvalue weighted by molar-refractivity contribution is 7.80. The largest absolute Gasteiger partial charge is 0.496 e. The normalized spacial score (nSPS) is 13.5. The number of nitrogens with two attached hydrogens (primary N) is 1. The number of thiol groups is 1. The van der Waals surface area contributed by atoms with E-state index in [2.05, 4.69) is 12.6 Å². The predicted molar refractivity (Wildman–Crippen MR) is 62.2 cm³/mol. The summed E-state index contributed by atoms with van der Waals surface area (Å²) in [6.45, 7) is 1.35. The molecule has 0 aliphatic carbocycles. The highest BCUT2D eigenvalue weighted by Crippen LogP contribution is 2.40. The summed E-state index contributed by atoms with van der Waals surface area (Å²) in [7, 11) is 1.67. The first-order chi connectivity index (χ1) is 7.27. The highest BCUT2D eigenvalue weighted by Gasteiger charge is 2.22. The van der Waals surface area contributed by atoms with Gasteiger partial charge in [0.25, 0.3) is 0 Å². The Morgan fingerprint density at radius 1 is 1.60 bits per heavy atom. The van der Waals surface area contributed by atoms with Gasteiger partial charge in [0, 0.05) is 17.5 Å². The topological polar surface area (TPSA) is 44.5 Å². The van der Waals surface area contributed by atoms with Crippen molar-refractivity contribution in [1.29, 1.82) is 0 Å². The highest BCUT2D eigenvalue weighted by atomic mass is 32.1. The molecule has 0 fully saturated rings. The molecule has 1 aliphatic rings. The zero-order valence-electron chi connectivity index (χ0n) is 8.75. The molecule has 0 aromatic heterocycles. The lowest BCUT2D eigenvalue weighted by atomic mass is 10.0. The molecule has 0 spiro atoms. The smallest absolute Gasteiger partial charge is 0.136 e. The minimum atomic E-state index is 0.620. The molecule has 2 N–H and O–H groups in total. The average Bonchev–Trinajstić information content (AvgIpc) is 2.71. The molecule has 82 valence electrons. The Morgan fingerprint density at radius 3 is 3.07 bits per heavy atom. The molecule has 0 atom stereocenters. The molecule has 0 unspecified atom stereocenters. The number of methoxy groups -OCH3 is 1. The lowest BCUT2D eigenvalue weighted by molar-refractivity contribution is 0.349. The van der Waals surface area contributed by atoms with Crippen LogP contribution in [0.15, 0.2) is 11.0 Å². The molecule has 1 heterocycles. The molecule has 0 saturated carbocycles. The molecular weight excluding hydrogens is 210 g/mol. The van der Waals surface area contributed by atoms with Gasteiger partial charge >= 0.3 is 0 Å². The first-order valence-electron chi connectivity index (χ1n) is 5.02. The van der Waals surface area contributed by atoms with E-state index in [1.165, 1.54) is 11.1 Å². The zero-order valence-corrected chi connectivity index (χ0v) is 9.64. The van der Waals surface area contributed by atoms with Gasteiger partial charge in [-0.2, -0.15) is 0 Å².